The molecular weight excluding hydrogens is 300 g/mol. The van der Waals surface area contributed by atoms with Gasteiger partial charge in [0.2, 0.25) is 11.8 Å². The molecule has 2 atom stereocenters. The Kier molecular flexibility index (Phi) is 4.39. The molecule has 1 aromatic carbocycles. The van der Waals surface area contributed by atoms with Crippen LogP contribution in [0.4, 0.5) is 5.69 Å². The fourth-order valence-corrected chi connectivity index (χ4v) is 3.57. The Hall–Kier alpha value is -1.55. The predicted molar refractivity (Wildman–Crippen MR) is 86.9 cm³/mol. The third-order valence-corrected chi connectivity index (χ3v) is 4.82. The van der Waals surface area contributed by atoms with Crippen molar-refractivity contribution in [3.8, 4) is 0 Å². The molecular formula is C17H21ClN2O2. The second kappa shape index (κ2) is 6.29. The van der Waals surface area contributed by atoms with E-state index in [9.17, 15) is 9.59 Å². The van der Waals surface area contributed by atoms with Crippen LogP contribution in [0.3, 0.4) is 0 Å². The van der Waals surface area contributed by atoms with Crippen LogP contribution in [0.2, 0.25) is 5.02 Å². The lowest BCUT2D eigenvalue weighted by Crippen LogP contribution is -2.49. The monoisotopic (exact) mass is 320 g/mol. The highest BCUT2D eigenvalue weighted by molar-refractivity contribution is 6.30. The van der Waals surface area contributed by atoms with Crippen molar-refractivity contribution in [3.05, 3.63) is 29.3 Å². The van der Waals surface area contributed by atoms with Gasteiger partial charge in [0.05, 0.1) is 0 Å². The van der Waals surface area contributed by atoms with E-state index < -0.39 is 0 Å². The average molecular weight is 321 g/mol. The van der Waals surface area contributed by atoms with Gasteiger partial charge in [0, 0.05) is 30.2 Å². The lowest BCUT2D eigenvalue weighted by atomic mass is 9.99. The highest BCUT2D eigenvalue weighted by atomic mass is 35.5. The van der Waals surface area contributed by atoms with Crippen LogP contribution >= 0.6 is 11.6 Å². The molecule has 0 N–H and O–H groups in total. The van der Waals surface area contributed by atoms with Crippen molar-refractivity contribution in [2.24, 2.45) is 5.92 Å². The molecule has 2 saturated heterocycles. The summed E-state index contributed by atoms with van der Waals surface area (Å²) in [5.41, 5.74) is 0.760. The Bertz CT molecular complexity index is 573. The maximum atomic E-state index is 12.8. The second-order valence-corrected chi connectivity index (χ2v) is 6.76. The highest BCUT2D eigenvalue weighted by Crippen LogP contribution is 2.29. The quantitative estimate of drug-likeness (QED) is 0.840. The molecule has 1 aromatic rings. The summed E-state index contributed by atoms with van der Waals surface area (Å²) < 4.78 is 0. The summed E-state index contributed by atoms with van der Waals surface area (Å²) in [6.45, 7) is 3.79. The van der Waals surface area contributed by atoms with Gasteiger partial charge in [-0.2, -0.15) is 0 Å². The van der Waals surface area contributed by atoms with Gasteiger partial charge < -0.3 is 4.90 Å². The van der Waals surface area contributed by atoms with Crippen LogP contribution in [0.1, 0.15) is 32.6 Å². The number of hydrogen-bond donors (Lipinski definition) is 0. The maximum absolute atomic E-state index is 12.8. The molecule has 0 aromatic heterocycles. The number of benzene rings is 1. The van der Waals surface area contributed by atoms with Crippen LogP contribution in [0.25, 0.3) is 0 Å². The van der Waals surface area contributed by atoms with E-state index >= 15 is 0 Å². The van der Waals surface area contributed by atoms with Gasteiger partial charge in [-0.3, -0.25) is 14.5 Å². The second-order valence-electron chi connectivity index (χ2n) is 6.33. The number of likely N-dealkylation sites (tertiary alicyclic amines) is 1. The van der Waals surface area contributed by atoms with Gasteiger partial charge in [0.15, 0.2) is 0 Å². The predicted octanol–water partition coefficient (Wildman–Crippen LogP) is 3.09. The molecule has 118 valence electrons. The third-order valence-electron chi connectivity index (χ3n) is 4.57. The molecule has 2 amide bonds. The summed E-state index contributed by atoms with van der Waals surface area (Å²) >= 11 is 5.91. The molecule has 0 aliphatic carbocycles. The van der Waals surface area contributed by atoms with Crippen LogP contribution in [0.5, 0.6) is 0 Å². The summed E-state index contributed by atoms with van der Waals surface area (Å²) in [5.74, 6) is 0.650. The Labute approximate surface area is 136 Å². The molecule has 0 spiro atoms. The SMILES string of the molecule is CC1CCCN(C(=O)C2CCC(=O)N2c2ccc(Cl)cc2)C1. The average Bonchev–Trinajstić information content (AvgIpc) is 2.89. The summed E-state index contributed by atoms with van der Waals surface area (Å²) in [7, 11) is 0. The minimum absolute atomic E-state index is 0.0192. The fraction of sp³-hybridized carbons (Fsp3) is 0.529. The number of amides is 2. The first-order valence-electron chi connectivity index (χ1n) is 7.92. The van der Waals surface area contributed by atoms with Crippen molar-refractivity contribution in [1.82, 2.24) is 4.90 Å². The number of anilines is 1. The van der Waals surface area contributed by atoms with Crippen LogP contribution in [-0.2, 0) is 9.59 Å². The summed E-state index contributed by atoms with van der Waals surface area (Å²) in [6, 6.07) is 6.77. The minimum atomic E-state index is -0.362. The molecule has 2 aliphatic heterocycles. The van der Waals surface area contributed by atoms with E-state index in [2.05, 4.69) is 6.92 Å². The third kappa shape index (κ3) is 2.98. The first-order chi connectivity index (χ1) is 10.6. The zero-order chi connectivity index (χ0) is 15.7. The number of nitrogens with zero attached hydrogens (tertiary/aromatic N) is 2. The van der Waals surface area contributed by atoms with Gasteiger partial charge in [0.1, 0.15) is 6.04 Å². The minimum Gasteiger partial charge on any atom is -0.341 e. The van der Waals surface area contributed by atoms with Crippen molar-refractivity contribution >= 4 is 29.1 Å². The number of carbonyl (C=O) groups excluding carboxylic acids is 2. The van der Waals surface area contributed by atoms with Crippen LogP contribution in [0.15, 0.2) is 24.3 Å². The molecule has 2 unspecified atom stereocenters. The van der Waals surface area contributed by atoms with Crippen molar-refractivity contribution in [1.29, 1.82) is 0 Å². The molecule has 22 heavy (non-hydrogen) atoms. The number of carbonyl (C=O) groups is 2. The molecule has 5 heteroatoms. The molecule has 2 fully saturated rings. The lowest BCUT2D eigenvalue weighted by molar-refractivity contribution is -0.134. The van der Waals surface area contributed by atoms with E-state index in [-0.39, 0.29) is 17.9 Å². The molecule has 0 bridgehead atoms. The van der Waals surface area contributed by atoms with Crippen molar-refractivity contribution < 1.29 is 9.59 Å². The van der Waals surface area contributed by atoms with Crippen molar-refractivity contribution in [3.63, 3.8) is 0 Å². The van der Waals surface area contributed by atoms with E-state index in [4.69, 9.17) is 11.6 Å². The number of rotatable bonds is 2. The molecule has 0 radical (unpaired) electrons. The van der Waals surface area contributed by atoms with E-state index in [1.54, 1.807) is 17.0 Å². The smallest absolute Gasteiger partial charge is 0.245 e. The zero-order valence-electron chi connectivity index (χ0n) is 12.8. The Balaban J connectivity index is 1.81. The fourth-order valence-electron chi connectivity index (χ4n) is 3.44. The van der Waals surface area contributed by atoms with Gasteiger partial charge in [0.25, 0.3) is 0 Å². The normalized spacial score (nSPS) is 25.6. The molecule has 0 saturated carbocycles. The molecule has 4 nitrogen and oxygen atoms in total. The van der Waals surface area contributed by atoms with Gasteiger partial charge in [-0.05, 0) is 49.4 Å². The van der Waals surface area contributed by atoms with Crippen LogP contribution < -0.4 is 4.90 Å². The van der Waals surface area contributed by atoms with E-state index in [0.29, 0.717) is 23.8 Å². The first kappa shape index (κ1) is 15.3. The first-order valence-corrected chi connectivity index (χ1v) is 8.30. The number of piperidine rings is 1. The van der Waals surface area contributed by atoms with E-state index in [0.717, 1.165) is 25.2 Å². The van der Waals surface area contributed by atoms with E-state index in [1.165, 1.54) is 6.42 Å². The van der Waals surface area contributed by atoms with Crippen molar-refractivity contribution in [2.45, 2.75) is 38.6 Å². The Morgan fingerprint density at radius 2 is 1.95 bits per heavy atom. The highest BCUT2D eigenvalue weighted by Gasteiger charge is 2.39. The molecule has 2 aliphatic rings. The Morgan fingerprint density at radius 1 is 1.23 bits per heavy atom. The van der Waals surface area contributed by atoms with E-state index in [1.807, 2.05) is 17.0 Å². The Morgan fingerprint density at radius 3 is 2.64 bits per heavy atom. The summed E-state index contributed by atoms with van der Waals surface area (Å²) in [4.78, 5) is 28.7. The number of hydrogen-bond acceptors (Lipinski definition) is 2. The molecule has 2 heterocycles. The van der Waals surface area contributed by atoms with Gasteiger partial charge >= 0.3 is 0 Å². The van der Waals surface area contributed by atoms with Gasteiger partial charge in [-0.15, -0.1) is 0 Å². The van der Waals surface area contributed by atoms with Crippen LogP contribution in [0, 0.1) is 5.92 Å². The zero-order valence-corrected chi connectivity index (χ0v) is 13.6. The maximum Gasteiger partial charge on any atom is 0.245 e. The van der Waals surface area contributed by atoms with Gasteiger partial charge in [-0.1, -0.05) is 18.5 Å². The standard InChI is InChI=1S/C17H21ClN2O2/c1-12-3-2-10-19(11-12)17(22)15-8-9-16(21)20(15)14-6-4-13(18)5-7-14/h4-7,12,15H,2-3,8-11H2,1H3. The van der Waals surface area contributed by atoms with Crippen LogP contribution in [-0.4, -0.2) is 35.8 Å². The summed E-state index contributed by atoms with van der Waals surface area (Å²) in [6.07, 6.45) is 3.26. The van der Waals surface area contributed by atoms with Gasteiger partial charge in [-0.25, -0.2) is 0 Å². The number of halogens is 1. The summed E-state index contributed by atoms with van der Waals surface area (Å²) in [5, 5.41) is 0.628. The molecule has 3 rings (SSSR count). The lowest BCUT2D eigenvalue weighted by Gasteiger charge is -2.35. The van der Waals surface area contributed by atoms with Crippen molar-refractivity contribution in [2.75, 3.05) is 18.0 Å². The largest absolute Gasteiger partial charge is 0.341 e. The topological polar surface area (TPSA) is 40.6 Å².